The molecule has 0 aromatic heterocycles. The van der Waals surface area contributed by atoms with Crippen LogP contribution in [-0.4, -0.2) is 37.4 Å². The molecule has 3 nitrogen and oxygen atoms in total. The van der Waals surface area contributed by atoms with Crippen molar-refractivity contribution in [1.82, 2.24) is 4.31 Å². The summed E-state index contributed by atoms with van der Waals surface area (Å²) in [7, 11) is -3.08. The molecule has 88 valence electrons. The van der Waals surface area contributed by atoms with Crippen LogP contribution in [0.25, 0.3) is 0 Å². The molecule has 1 aliphatic carbocycles. The summed E-state index contributed by atoms with van der Waals surface area (Å²) in [6.07, 6.45) is 4.77. The number of fused-ring (bicyclic) bond motifs is 2. The van der Waals surface area contributed by atoms with E-state index in [2.05, 4.69) is 0 Å². The number of hydrogen-bond acceptors (Lipinski definition) is 2. The van der Waals surface area contributed by atoms with E-state index in [1.807, 2.05) is 0 Å². The Hall–Kier alpha value is 0.200. The highest BCUT2D eigenvalue weighted by Crippen LogP contribution is 2.36. The van der Waals surface area contributed by atoms with Gasteiger partial charge in [0.05, 0.1) is 5.75 Å². The van der Waals surface area contributed by atoms with E-state index in [1.54, 1.807) is 4.31 Å². The van der Waals surface area contributed by atoms with E-state index < -0.39 is 10.0 Å². The van der Waals surface area contributed by atoms with Crippen LogP contribution in [0, 0.1) is 11.8 Å². The van der Waals surface area contributed by atoms with Crippen molar-refractivity contribution in [2.75, 3.05) is 24.7 Å². The maximum absolute atomic E-state index is 11.9. The fourth-order valence-electron chi connectivity index (χ4n) is 2.79. The summed E-state index contributed by atoms with van der Waals surface area (Å²) < 4.78 is 25.4. The van der Waals surface area contributed by atoms with Gasteiger partial charge in [0.25, 0.3) is 0 Å². The molecule has 2 rings (SSSR count). The highest BCUT2D eigenvalue weighted by Gasteiger charge is 2.34. The highest BCUT2D eigenvalue weighted by atomic mass is 35.5. The summed E-state index contributed by atoms with van der Waals surface area (Å²) in [5.41, 5.74) is 0. The normalized spacial score (nSPS) is 32.9. The summed E-state index contributed by atoms with van der Waals surface area (Å²) in [6, 6.07) is 0. The molecule has 1 saturated heterocycles. The van der Waals surface area contributed by atoms with Gasteiger partial charge in [0, 0.05) is 19.0 Å². The number of sulfonamides is 1. The summed E-state index contributed by atoms with van der Waals surface area (Å²) in [6.45, 7) is 1.44. The van der Waals surface area contributed by atoms with E-state index in [0.29, 0.717) is 12.5 Å². The van der Waals surface area contributed by atoms with Gasteiger partial charge in [0.2, 0.25) is 10.0 Å². The predicted octanol–water partition coefficient (Wildman–Crippen LogP) is 1.68. The molecular weight excluding hydrogens is 234 g/mol. The lowest BCUT2D eigenvalue weighted by atomic mass is 10.0. The molecule has 1 aliphatic heterocycles. The molecule has 15 heavy (non-hydrogen) atoms. The number of alkyl halides is 1. The molecule has 0 N–H and O–H groups in total. The zero-order chi connectivity index (χ0) is 10.9. The minimum absolute atomic E-state index is 0.0892. The monoisotopic (exact) mass is 251 g/mol. The van der Waals surface area contributed by atoms with Crippen LogP contribution in [0.3, 0.4) is 0 Å². The second kappa shape index (κ2) is 4.60. The molecule has 2 unspecified atom stereocenters. The van der Waals surface area contributed by atoms with Crippen LogP contribution >= 0.6 is 11.6 Å². The lowest BCUT2D eigenvalue weighted by molar-refractivity contribution is 0.352. The predicted molar refractivity (Wildman–Crippen MR) is 61.5 cm³/mol. The Balaban J connectivity index is 2.04. The van der Waals surface area contributed by atoms with Crippen molar-refractivity contribution in [2.24, 2.45) is 11.8 Å². The fraction of sp³-hybridized carbons (Fsp3) is 1.00. The van der Waals surface area contributed by atoms with Crippen molar-refractivity contribution < 1.29 is 8.42 Å². The van der Waals surface area contributed by atoms with Gasteiger partial charge in [-0.1, -0.05) is 6.42 Å². The SMILES string of the molecule is O=S(=O)(CCCl)N1CCC2CCC(C2)C1. The van der Waals surface area contributed by atoms with E-state index in [4.69, 9.17) is 11.6 Å². The zero-order valence-electron chi connectivity index (χ0n) is 8.86. The van der Waals surface area contributed by atoms with Gasteiger partial charge in [-0.05, 0) is 31.1 Å². The average Bonchev–Trinajstić information content (AvgIpc) is 2.44. The Kier molecular flexibility index (Phi) is 3.58. The summed E-state index contributed by atoms with van der Waals surface area (Å²) in [4.78, 5) is 0. The van der Waals surface area contributed by atoms with Crippen LogP contribution in [0.1, 0.15) is 25.7 Å². The van der Waals surface area contributed by atoms with Gasteiger partial charge >= 0.3 is 0 Å². The van der Waals surface area contributed by atoms with Crippen molar-refractivity contribution >= 4 is 21.6 Å². The number of nitrogens with zero attached hydrogens (tertiary/aromatic N) is 1. The Morgan fingerprint density at radius 3 is 2.67 bits per heavy atom. The average molecular weight is 252 g/mol. The lowest BCUT2D eigenvalue weighted by Crippen LogP contribution is -2.37. The molecule has 1 saturated carbocycles. The molecular formula is C10H18ClNO2S. The molecule has 2 atom stereocenters. The minimum Gasteiger partial charge on any atom is -0.212 e. The Labute approximate surface area is 96.8 Å². The fourth-order valence-corrected chi connectivity index (χ4v) is 4.65. The first kappa shape index (κ1) is 11.7. The van der Waals surface area contributed by atoms with Crippen molar-refractivity contribution in [3.05, 3.63) is 0 Å². The Bertz CT molecular complexity index is 317. The lowest BCUT2D eigenvalue weighted by Gasteiger charge is -2.23. The first-order valence-electron chi connectivity index (χ1n) is 5.65. The maximum Gasteiger partial charge on any atom is 0.215 e. The van der Waals surface area contributed by atoms with Crippen LogP contribution in [0.4, 0.5) is 0 Å². The minimum atomic E-state index is -3.08. The molecule has 1 heterocycles. The molecule has 0 spiro atoms. The van der Waals surface area contributed by atoms with Crippen LogP contribution in [0.2, 0.25) is 0 Å². The van der Waals surface area contributed by atoms with Gasteiger partial charge in [-0.15, -0.1) is 11.6 Å². The topological polar surface area (TPSA) is 37.4 Å². The molecule has 5 heteroatoms. The number of hydrogen-bond donors (Lipinski definition) is 0. The summed E-state index contributed by atoms with van der Waals surface area (Å²) in [5, 5.41) is 0. The molecule has 2 bridgehead atoms. The molecule has 0 radical (unpaired) electrons. The van der Waals surface area contributed by atoms with E-state index in [-0.39, 0.29) is 11.6 Å². The highest BCUT2D eigenvalue weighted by molar-refractivity contribution is 7.89. The van der Waals surface area contributed by atoms with Gasteiger partial charge in [-0.25, -0.2) is 12.7 Å². The van der Waals surface area contributed by atoms with E-state index >= 15 is 0 Å². The maximum atomic E-state index is 11.9. The van der Waals surface area contributed by atoms with Crippen LogP contribution in [0.5, 0.6) is 0 Å². The van der Waals surface area contributed by atoms with E-state index in [9.17, 15) is 8.42 Å². The third-order valence-electron chi connectivity index (χ3n) is 3.63. The molecule has 2 fully saturated rings. The summed E-state index contributed by atoms with van der Waals surface area (Å²) in [5.74, 6) is 1.66. The quantitative estimate of drug-likeness (QED) is 0.716. The van der Waals surface area contributed by atoms with Gasteiger partial charge < -0.3 is 0 Å². The van der Waals surface area contributed by atoms with Gasteiger partial charge in [-0.2, -0.15) is 0 Å². The van der Waals surface area contributed by atoms with Crippen molar-refractivity contribution in [1.29, 1.82) is 0 Å². The van der Waals surface area contributed by atoms with Crippen LogP contribution in [-0.2, 0) is 10.0 Å². The van der Waals surface area contributed by atoms with Crippen molar-refractivity contribution in [3.8, 4) is 0 Å². The van der Waals surface area contributed by atoms with Crippen molar-refractivity contribution in [3.63, 3.8) is 0 Å². The summed E-state index contributed by atoms with van der Waals surface area (Å²) >= 11 is 5.52. The molecule has 2 aliphatic rings. The second-order valence-corrected chi connectivity index (χ2v) is 7.16. The van der Waals surface area contributed by atoms with Crippen molar-refractivity contribution in [2.45, 2.75) is 25.7 Å². The third kappa shape index (κ3) is 2.66. The zero-order valence-corrected chi connectivity index (χ0v) is 10.4. The smallest absolute Gasteiger partial charge is 0.212 e. The Morgan fingerprint density at radius 2 is 1.93 bits per heavy atom. The first-order chi connectivity index (χ1) is 7.12. The third-order valence-corrected chi connectivity index (χ3v) is 5.88. The van der Waals surface area contributed by atoms with Crippen LogP contribution in [0.15, 0.2) is 0 Å². The van der Waals surface area contributed by atoms with Gasteiger partial charge in [-0.3, -0.25) is 0 Å². The Morgan fingerprint density at radius 1 is 1.20 bits per heavy atom. The van der Waals surface area contributed by atoms with E-state index in [0.717, 1.165) is 18.9 Å². The molecule has 0 amide bonds. The second-order valence-electron chi connectivity index (χ2n) is 4.70. The number of rotatable bonds is 3. The van der Waals surface area contributed by atoms with E-state index in [1.165, 1.54) is 19.3 Å². The molecule has 0 aromatic carbocycles. The van der Waals surface area contributed by atoms with Gasteiger partial charge in [0.1, 0.15) is 0 Å². The van der Waals surface area contributed by atoms with Gasteiger partial charge in [0.15, 0.2) is 0 Å². The molecule has 0 aromatic rings. The standard InChI is InChI=1S/C10H18ClNO2S/c11-4-6-15(13,14)12-5-3-9-1-2-10(7-9)8-12/h9-10H,1-8H2. The first-order valence-corrected chi connectivity index (χ1v) is 7.80. The largest absolute Gasteiger partial charge is 0.215 e. The number of halogens is 1. The van der Waals surface area contributed by atoms with Crippen LogP contribution < -0.4 is 0 Å².